The predicted molar refractivity (Wildman–Crippen MR) is 48.3 cm³/mol. The van der Waals surface area contributed by atoms with Crippen LogP contribution in [0.5, 0.6) is 0 Å². The minimum absolute atomic E-state index is 0.000833. The average Bonchev–Trinajstić information content (AvgIpc) is 2.06. The highest BCUT2D eigenvalue weighted by Gasteiger charge is 1.98. The maximum atomic E-state index is 10.1. The summed E-state index contributed by atoms with van der Waals surface area (Å²) in [5.41, 5.74) is 0.593. The van der Waals surface area contributed by atoms with Gasteiger partial charge < -0.3 is 10.2 Å². The fraction of sp³-hybridized carbons (Fsp3) is 0.333. The first-order valence-electron chi connectivity index (χ1n) is 3.93. The van der Waals surface area contributed by atoms with Gasteiger partial charge in [0.05, 0.1) is 12.1 Å². The highest BCUT2D eigenvalue weighted by Crippen LogP contribution is 1.93. The van der Waals surface area contributed by atoms with Gasteiger partial charge in [0, 0.05) is 12.8 Å². The zero-order valence-corrected chi connectivity index (χ0v) is 7.47. The van der Waals surface area contributed by atoms with Gasteiger partial charge in [-0.05, 0) is 19.1 Å². The van der Waals surface area contributed by atoms with E-state index < -0.39 is 5.97 Å². The molecule has 0 amide bonds. The third-order valence-corrected chi connectivity index (χ3v) is 1.06. The van der Waals surface area contributed by atoms with E-state index in [1.165, 1.54) is 0 Å². The molecule has 0 aliphatic heterocycles. The molecule has 13 heavy (non-hydrogen) atoms. The summed E-state index contributed by atoms with van der Waals surface area (Å²) in [6, 6.07) is 5.21. The number of carboxylic acid groups (broad SMARTS) is 1. The Hall–Kier alpha value is -1.42. The first kappa shape index (κ1) is 11.6. The largest absolute Gasteiger partial charge is 0.481 e. The average molecular weight is 183 g/mol. The van der Waals surface area contributed by atoms with E-state index in [2.05, 4.69) is 4.98 Å². The summed E-state index contributed by atoms with van der Waals surface area (Å²) in [5, 5.41) is 15.9. The predicted octanol–water partition coefficient (Wildman–Crippen LogP) is 0.707. The SMILES string of the molecule is CCO.O=C(O)Cc1ccccn1. The zero-order valence-electron chi connectivity index (χ0n) is 7.47. The van der Waals surface area contributed by atoms with Crippen LogP contribution in [-0.4, -0.2) is 27.8 Å². The van der Waals surface area contributed by atoms with Gasteiger partial charge in [-0.3, -0.25) is 9.78 Å². The van der Waals surface area contributed by atoms with E-state index in [0.29, 0.717) is 5.69 Å². The second-order valence-corrected chi connectivity index (χ2v) is 2.21. The van der Waals surface area contributed by atoms with Crippen molar-refractivity contribution in [2.75, 3.05) is 6.61 Å². The van der Waals surface area contributed by atoms with Gasteiger partial charge in [0.1, 0.15) is 0 Å². The number of aromatic nitrogens is 1. The van der Waals surface area contributed by atoms with Crippen LogP contribution in [0.2, 0.25) is 0 Å². The minimum atomic E-state index is -0.848. The Bertz CT molecular complexity index is 236. The third kappa shape index (κ3) is 6.96. The summed E-state index contributed by atoms with van der Waals surface area (Å²) in [7, 11) is 0. The molecule has 0 saturated heterocycles. The number of nitrogens with zero attached hydrogens (tertiary/aromatic N) is 1. The molecule has 4 heteroatoms. The van der Waals surface area contributed by atoms with Crippen LogP contribution in [0.1, 0.15) is 12.6 Å². The van der Waals surface area contributed by atoms with Gasteiger partial charge in [-0.1, -0.05) is 6.07 Å². The van der Waals surface area contributed by atoms with Crippen molar-refractivity contribution in [2.24, 2.45) is 0 Å². The first-order chi connectivity index (χ1) is 6.20. The molecule has 0 bridgehead atoms. The number of rotatable bonds is 2. The molecule has 0 atom stereocenters. The van der Waals surface area contributed by atoms with Gasteiger partial charge in [0.25, 0.3) is 0 Å². The summed E-state index contributed by atoms with van der Waals surface area (Å²) in [5.74, 6) is -0.848. The Morgan fingerprint density at radius 2 is 2.15 bits per heavy atom. The van der Waals surface area contributed by atoms with Crippen molar-refractivity contribution in [1.82, 2.24) is 4.98 Å². The molecule has 0 fully saturated rings. The molecule has 72 valence electrons. The molecule has 0 aliphatic carbocycles. The second kappa shape index (κ2) is 7.24. The van der Waals surface area contributed by atoms with E-state index in [1.54, 1.807) is 31.3 Å². The molecule has 4 nitrogen and oxygen atoms in total. The second-order valence-electron chi connectivity index (χ2n) is 2.21. The summed E-state index contributed by atoms with van der Waals surface area (Å²) in [6.07, 6.45) is 1.58. The van der Waals surface area contributed by atoms with Gasteiger partial charge in [0.15, 0.2) is 0 Å². The first-order valence-corrected chi connectivity index (χ1v) is 3.93. The lowest BCUT2D eigenvalue weighted by Gasteiger charge is -1.91. The number of aliphatic hydroxyl groups is 1. The fourth-order valence-electron chi connectivity index (χ4n) is 0.658. The monoisotopic (exact) mass is 183 g/mol. The maximum Gasteiger partial charge on any atom is 0.309 e. The summed E-state index contributed by atoms with van der Waals surface area (Å²) < 4.78 is 0. The Morgan fingerprint density at radius 1 is 1.54 bits per heavy atom. The highest BCUT2D eigenvalue weighted by atomic mass is 16.4. The van der Waals surface area contributed by atoms with Crippen molar-refractivity contribution in [3.05, 3.63) is 30.1 Å². The van der Waals surface area contributed by atoms with Crippen LogP contribution in [0, 0.1) is 0 Å². The lowest BCUT2D eigenvalue weighted by atomic mass is 10.3. The Labute approximate surface area is 76.9 Å². The lowest BCUT2D eigenvalue weighted by Crippen LogP contribution is -2.01. The number of aliphatic hydroxyl groups excluding tert-OH is 1. The molecule has 1 aromatic rings. The molecule has 0 spiro atoms. The molecule has 0 aliphatic rings. The number of pyridine rings is 1. The van der Waals surface area contributed by atoms with E-state index >= 15 is 0 Å². The molecule has 1 aromatic heterocycles. The van der Waals surface area contributed by atoms with Gasteiger partial charge in [-0.2, -0.15) is 0 Å². The normalized spacial score (nSPS) is 8.46. The molecule has 0 radical (unpaired) electrons. The summed E-state index contributed by atoms with van der Waals surface area (Å²) in [4.78, 5) is 14.0. The number of hydrogen-bond donors (Lipinski definition) is 2. The molecule has 1 heterocycles. The molecule has 2 N–H and O–H groups in total. The van der Waals surface area contributed by atoms with Crippen LogP contribution in [0.15, 0.2) is 24.4 Å². The van der Waals surface area contributed by atoms with Gasteiger partial charge in [0.2, 0.25) is 0 Å². The van der Waals surface area contributed by atoms with Crippen molar-refractivity contribution < 1.29 is 15.0 Å². The van der Waals surface area contributed by atoms with Crippen LogP contribution >= 0.6 is 0 Å². The number of hydrogen-bond acceptors (Lipinski definition) is 3. The Kier molecular flexibility index (Phi) is 6.45. The van der Waals surface area contributed by atoms with Crippen molar-refractivity contribution in [2.45, 2.75) is 13.3 Å². The topological polar surface area (TPSA) is 70.4 Å². The minimum Gasteiger partial charge on any atom is -0.481 e. The zero-order chi connectivity index (χ0) is 10.1. The molecular formula is C9H13NO3. The molecular weight excluding hydrogens is 170 g/mol. The standard InChI is InChI=1S/C7H7NO2.C2H6O/c9-7(10)5-6-3-1-2-4-8-6;1-2-3/h1-4H,5H2,(H,9,10);3H,2H2,1H3. The van der Waals surface area contributed by atoms with E-state index in [9.17, 15) is 4.79 Å². The van der Waals surface area contributed by atoms with E-state index in [-0.39, 0.29) is 13.0 Å². The van der Waals surface area contributed by atoms with Crippen LogP contribution in [0.3, 0.4) is 0 Å². The van der Waals surface area contributed by atoms with Crippen molar-refractivity contribution in [1.29, 1.82) is 0 Å². The van der Waals surface area contributed by atoms with Crippen LogP contribution in [-0.2, 0) is 11.2 Å². The highest BCUT2D eigenvalue weighted by molar-refractivity contribution is 5.69. The van der Waals surface area contributed by atoms with Crippen molar-refractivity contribution in [3.8, 4) is 0 Å². The summed E-state index contributed by atoms with van der Waals surface area (Å²) >= 11 is 0. The van der Waals surface area contributed by atoms with Gasteiger partial charge in [-0.15, -0.1) is 0 Å². The van der Waals surface area contributed by atoms with Crippen LogP contribution in [0.25, 0.3) is 0 Å². The molecule has 0 unspecified atom stereocenters. The van der Waals surface area contributed by atoms with Crippen molar-refractivity contribution >= 4 is 5.97 Å². The van der Waals surface area contributed by atoms with E-state index in [0.717, 1.165) is 0 Å². The van der Waals surface area contributed by atoms with Crippen LogP contribution < -0.4 is 0 Å². The Morgan fingerprint density at radius 3 is 2.54 bits per heavy atom. The third-order valence-electron chi connectivity index (χ3n) is 1.06. The van der Waals surface area contributed by atoms with E-state index in [4.69, 9.17) is 10.2 Å². The maximum absolute atomic E-state index is 10.1. The quantitative estimate of drug-likeness (QED) is 0.708. The van der Waals surface area contributed by atoms with Crippen LogP contribution in [0.4, 0.5) is 0 Å². The molecule has 0 aromatic carbocycles. The number of carboxylic acids is 1. The van der Waals surface area contributed by atoms with Gasteiger partial charge in [-0.25, -0.2) is 0 Å². The summed E-state index contributed by atoms with van der Waals surface area (Å²) in [6.45, 7) is 1.93. The van der Waals surface area contributed by atoms with Gasteiger partial charge >= 0.3 is 5.97 Å². The number of carbonyl (C=O) groups is 1. The lowest BCUT2D eigenvalue weighted by molar-refractivity contribution is -0.136. The molecule has 1 rings (SSSR count). The van der Waals surface area contributed by atoms with E-state index in [1.807, 2.05) is 0 Å². The smallest absolute Gasteiger partial charge is 0.309 e. The number of aliphatic carboxylic acids is 1. The fourth-order valence-corrected chi connectivity index (χ4v) is 0.658. The molecule has 0 saturated carbocycles. The Balaban J connectivity index is 0.000000424. The van der Waals surface area contributed by atoms with Crippen molar-refractivity contribution in [3.63, 3.8) is 0 Å².